The molecule has 90 valence electrons. The molecule has 0 radical (unpaired) electrons. The van der Waals surface area contributed by atoms with E-state index < -0.39 is 5.54 Å². The fourth-order valence-corrected chi connectivity index (χ4v) is 1.47. The topological polar surface area (TPSA) is 44.5 Å². The van der Waals surface area contributed by atoms with Crippen LogP contribution in [0.4, 0.5) is 0 Å². The van der Waals surface area contributed by atoms with Crippen LogP contribution in [0.25, 0.3) is 0 Å². The van der Waals surface area contributed by atoms with E-state index in [1.54, 1.807) is 0 Å². The first-order chi connectivity index (χ1) is 8.04. The van der Waals surface area contributed by atoms with Crippen molar-refractivity contribution in [3.05, 3.63) is 23.8 Å². The predicted octanol–water partition coefficient (Wildman–Crippen LogP) is 1.94. The van der Waals surface area contributed by atoms with Gasteiger partial charge in [-0.25, -0.2) is 0 Å². The van der Waals surface area contributed by atoms with Crippen LogP contribution in [-0.2, 0) is 0 Å². The molecule has 3 heteroatoms. The molecular formula is C14H17NO2. The lowest BCUT2D eigenvalue weighted by atomic mass is 10.1. The number of ether oxygens (including phenoxy) is 2. The number of fused-ring (bicyclic) bond motifs is 1. The molecule has 0 atom stereocenters. The van der Waals surface area contributed by atoms with E-state index in [1.807, 2.05) is 32.0 Å². The lowest BCUT2D eigenvalue weighted by molar-refractivity contribution is 0.297. The third-order valence-corrected chi connectivity index (χ3v) is 2.28. The van der Waals surface area contributed by atoms with Gasteiger partial charge in [0, 0.05) is 12.0 Å². The SMILES string of the molecule is CC(C)(N)C#Cc1ccc2c(c1)OCCCO2. The summed E-state index contributed by atoms with van der Waals surface area (Å²) in [7, 11) is 0. The van der Waals surface area contributed by atoms with E-state index in [0.29, 0.717) is 13.2 Å². The minimum absolute atomic E-state index is 0.482. The van der Waals surface area contributed by atoms with Gasteiger partial charge in [-0.3, -0.25) is 0 Å². The fraction of sp³-hybridized carbons (Fsp3) is 0.429. The van der Waals surface area contributed by atoms with Crippen molar-refractivity contribution in [1.29, 1.82) is 0 Å². The van der Waals surface area contributed by atoms with Gasteiger partial charge in [0.15, 0.2) is 11.5 Å². The zero-order valence-corrected chi connectivity index (χ0v) is 10.2. The summed E-state index contributed by atoms with van der Waals surface area (Å²) >= 11 is 0. The van der Waals surface area contributed by atoms with Gasteiger partial charge in [-0.05, 0) is 32.0 Å². The maximum Gasteiger partial charge on any atom is 0.162 e. The molecule has 0 amide bonds. The average molecular weight is 231 g/mol. The Hall–Kier alpha value is -1.66. The van der Waals surface area contributed by atoms with Crippen LogP contribution in [0.1, 0.15) is 25.8 Å². The van der Waals surface area contributed by atoms with Crippen LogP contribution in [0.2, 0.25) is 0 Å². The summed E-state index contributed by atoms with van der Waals surface area (Å²) in [5, 5.41) is 0. The molecule has 1 aromatic rings. The van der Waals surface area contributed by atoms with Crippen LogP contribution in [-0.4, -0.2) is 18.8 Å². The van der Waals surface area contributed by atoms with Crippen molar-refractivity contribution < 1.29 is 9.47 Å². The number of hydrogen-bond acceptors (Lipinski definition) is 3. The van der Waals surface area contributed by atoms with Crippen molar-refractivity contribution in [2.24, 2.45) is 5.73 Å². The van der Waals surface area contributed by atoms with Gasteiger partial charge in [0.25, 0.3) is 0 Å². The molecule has 2 N–H and O–H groups in total. The van der Waals surface area contributed by atoms with Gasteiger partial charge in [0.2, 0.25) is 0 Å². The van der Waals surface area contributed by atoms with Gasteiger partial charge in [-0.2, -0.15) is 0 Å². The Kier molecular flexibility index (Phi) is 3.26. The highest BCUT2D eigenvalue weighted by molar-refractivity contribution is 5.49. The van der Waals surface area contributed by atoms with Crippen molar-refractivity contribution in [2.75, 3.05) is 13.2 Å². The van der Waals surface area contributed by atoms with Crippen LogP contribution in [0, 0.1) is 11.8 Å². The molecule has 17 heavy (non-hydrogen) atoms. The highest BCUT2D eigenvalue weighted by atomic mass is 16.5. The van der Waals surface area contributed by atoms with E-state index in [0.717, 1.165) is 23.5 Å². The zero-order valence-electron chi connectivity index (χ0n) is 10.2. The Balaban J connectivity index is 2.26. The van der Waals surface area contributed by atoms with E-state index in [4.69, 9.17) is 15.2 Å². The van der Waals surface area contributed by atoms with Gasteiger partial charge < -0.3 is 15.2 Å². The molecule has 0 spiro atoms. The summed E-state index contributed by atoms with van der Waals surface area (Å²) in [5.41, 5.74) is 6.23. The summed E-state index contributed by atoms with van der Waals surface area (Å²) in [6.45, 7) is 5.15. The molecule has 0 bridgehead atoms. The normalized spacial score (nSPS) is 14.5. The molecule has 0 unspecified atom stereocenters. The molecule has 1 aromatic carbocycles. The van der Waals surface area contributed by atoms with E-state index in [9.17, 15) is 0 Å². The lowest BCUT2D eigenvalue weighted by Gasteiger charge is -2.09. The Morgan fingerprint density at radius 3 is 2.59 bits per heavy atom. The maximum absolute atomic E-state index is 5.82. The number of rotatable bonds is 0. The third kappa shape index (κ3) is 3.40. The predicted molar refractivity (Wildman–Crippen MR) is 67.2 cm³/mol. The second-order valence-electron chi connectivity index (χ2n) is 4.68. The first-order valence-electron chi connectivity index (χ1n) is 5.76. The molecule has 1 heterocycles. The van der Waals surface area contributed by atoms with E-state index in [1.165, 1.54) is 0 Å². The minimum atomic E-state index is -0.482. The number of benzene rings is 1. The van der Waals surface area contributed by atoms with Crippen LogP contribution in [0.5, 0.6) is 11.5 Å². The molecule has 0 aromatic heterocycles. The maximum atomic E-state index is 5.82. The summed E-state index contributed by atoms with van der Waals surface area (Å²) in [4.78, 5) is 0. The highest BCUT2D eigenvalue weighted by Crippen LogP contribution is 2.30. The van der Waals surface area contributed by atoms with Crippen molar-refractivity contribution in [2.45, 2.75) is 25.8 Å². The monoisotopic (exact) mass is 231 g/mol. The van der Waals surface area contributed by atoms with Crippen LogP contribution >= 0.6 is 0 Å². The van der Waals surface area contributed by atoms with Gasteiger partial charge in [-0.15, -0.1) is 0 Å². The number of hydrogen-bond donors (Lipinski definition) is 1. The third-order valence-electron chi connectivity index (χ3n) is 2.28. The van der Waals surface area contributed by atoms with Gasteiger partial charge in [0.1, 0.15) is 0 Å². The van der Waals surface area contributed by atoms with Crippen LogP contribution < -0.4 is 15.2 Å². The molecular weight excluding hydrogens is 214 g/mol. The molecule has 1 aliphatic rings. The van der Waals surface area contributed by atoms with Crippen molar-refractivity contribution in [3.8, 4) is 23.3 Å². The smallest absolute Gasteiger partial charge is 0.162 e. The van der Waals surface area contributed by atoms with Crippen molar-refractivity contribution in [1.82, 2.24) is 0 Å². The number of nitrogens with two attached hydrogens (primary N) is 1. The first kappa shape index (κ1) is 11.8. The molecule has 0 saturated carbocycles. The Morgan fingerprint density at radius 2 is 1.88 bits per heavy atom. The van der Waals surface area contributed by atoms with Crippen LogP contribution in [0.15, 0.2) is 18.2 Å². The lowest BCUT2D eigenvalue weighted by Crippen LogP contribution is -2.29. The highest BCUT2D eigenvalue weighted by Gasteiger charge is 2.10. The summed E-state index contributed by atoms with van der Waals surface area (Å²) < 4.78 is 11.1. The summed E-state index contributed by atoms with van der Waals surface area (Å²) in [6.07, 6.45) is 0.908. The molecule has 0 saturated heterocycles. The Bertz CT molecular complexity index is 463. The second kappa shape index (κ2) is 4.68. The Morgan fingerprint density at radius 1 is 1.18 bits per heavy atom. The summed E-state index contributed by atoms with van der Waals surface area (Å²) in [6, 6.07) is 5.72. The van der Waals surface area contributed by atoms with E-state index in [-0.39, 0.29) is 0 Å². The zero-order chi connectivity index (χ0) is 12.3. The summed E-state index contributed by atoms with van der Waals surface area (Å²) in [5.74, 6) is 7.60. The largest absolute Gasteiger partial charge is 0.490 e. The minimum Gasteiger partial charge on any atom is -0.490 e. The van der Waals surface area contributed by atoms with Gasteiger partial charge in [-0.1, -0.05) is 11.8 Å². The molecule has 0 fully saturated rings. The van der Waals surface area contributed by atoms with Crippen LogP contribution in [0.3, 0.4) is 0 Å². The fourth-order valence-electron chi connectivity index (χ4n) is 1.47. The average Bonchev–Trinajstić information content (AvgIpc) is 2.49. The van der Waals surface area contributed by atoms with Gasteiger partial charge in [0.05, 0.1) is 18.8 Å². The van der Waals surface area contributed by atoms with Gasteiger partial charge >= 0.3 is 0 Å². The molecule has 0 aliphatic carbocycles. The molecule has 2 rings (SSSR count). The second-order valence-corrected chi connectivity index (χ2v) is 4.68. The Labute approximate surface area is 102 Å². The standard InChI is InChI=1S/C14H17NO2/c1-14(2,15)7-6-11-4-5-12-13(10-11)17-9-3-8-16-12/h4-5,10H,3,8-9,15H2,1-2H3. The molecule has 1 aliphatic heterocycles. The quantitative estimate of drug-likeness (QED) is 0.694. The molecule has 3 nitrogen and oxygen atoms in total. The van der Waals surface area contributed by atoms with Crippen molar-refractivity contribution in [3.63, 3.8) is 0 Å². The van der Waals surface area contributed by atoms with E-state index in [2.05, 4.69) is 11.8 Å². The van der Waals surface area contributed by atoms with E-state index >= 15 is 0 Å². The first-order valence-corrected chi connectivity index (χ1v) is 5.76. The van der Waals surface area contributed by atoms with Crippen molar-refractivity contribution >= 4 is 0 Å².